The van der Waals surface area contributed by atoms with E-state index in [0.29, 0.717) is 0 Å². The highest BCUT2D eigenvalue weighted by molar-refractivity contribution is 5.76. The first kappa shape index (κ1) is 15.7. The first-order valence-electron chi connectivity index (χ1n) is 5.11. The minimum atomic E-state index is -4.36. The fourth-order valence-electron chi connectivity index (χ4n) is 1.18. The summed E-state index contributed by atoms with van der Waals surface area (Å²) in [6, 6.07) is 0. The van der Waals surface area contributed by atoms with Crippen molar-refractivity contribution in [1.82, 2.24) is 5.32 Å². The molecular weight excluding hydrogens is 239 g/mol. The number of carboxylic acids is 1. The van der Waals surface area contributed by atoms with Crippen LogP contribution in [0.3, 0.4) is 0 Å². The lowest BCUT2D eigenvalue weighted by molar-refractivity contribution is -0.145. The van der Waals surface area contributed by atoms with Gasteiger partial charge in [0.25, 0.3) is 0 Å². The number of halogens is 3. The average Bonchev–Trinajstić information content (AvgIpc) is 2.10. The van der Waals surface area contributed by atoms with Crippen molar-refractivity contribution in [3.05, 3.63) is 0 Å². The number of carbonyl (C=O) groups is 2. The molecule has 0 aliphatic heterocycles. The highest BCUT2D eigenvalue weighted by Gasteiger charge is 2.29. The summed E-state index contributed by atoms with van der Waals surface area (Å²) in [5.74, 6) is -1.74. The number of carboxylic acid groups (broad SMARTS) is 1. The normalized spacial score (nSPS) is 12.3. The Balaban J connectivity index is 4.05. The molecule has 0 aromatic heterocycles. The summed E-state index contributed by atoms with van der Waals surface area (Å²) in [6.45, 7) is 3.14. The molecule has 0 rings (SSSR count). The molecular formula is C10H16F3NO3. The highest BCUT2D eigenvalue weighted by atomic mass is 19.4. The third-order valence-electron chi connectivity index (χ3n) is 2.08. The molecule has 0 saturated heterocycles. The van der Waals surface area contributed by atoms with Gasteiger partial charge in [0.1, 0.15) is 0 Å². The maximum Gasteiger partial charge on any atom is 0.389 e. The van der Waals surface area contributed by atoms with Crippen LogP contribution in [-0.4, -0.2) is 28.7 Å². The van der Waals surface area contributed by atoms with Gasteiger partial charge in [0.05, 0.1) is 6.42 Å². The zero-order valence-corrected chi connectivity index (χ0v) is 9.73. The summed E-state index contributed by atoms with van der Waals surface area (Å²) in [5.41, 5.74) is -0.818. The third kappa shape index (κ3) is 9.65. The Morgan fingerprint density at radius 1 is 1.12 bits per heavy atom. The maximum atomic E-state index is 11.8. The number of carbonyl (C=O) groups excluding carboxylic acids is 1. The first-order chi connectivity index (χ1) is 7.52. The van der Waals surface area contributed by atoms with Crippen LogP contribution in [0.15, 0.2) is 0 Å². The predicted molar refractivity (Wildman–Crippen MR) is 54.4 cm³/mol. The summed E-state index contributed by atoms with van der Waals surface area (Å²) in [4.78, 5) is 21.5. The topological polar surface area (TPSA) is 66.4 Å². The van der Waals surface area contributed by atoms with E-state index in [2.05, 4.69) is 5.32 Å². The van der Waals surface area contributed by atoms with Crippen molar-refractivity contribution in [2.45, 2.75) is 51.2 Å². The summed E-state index contributed by atoms with van der Waals surface area (Å²) < 4.78 is 35.5. The van der Waals surface area contributed by atoms with Gasteiger partial charge >= 0.3 is 12.1 Å². The first-order valence-corrected chi connectivity index (χ1v) is 5.11. The van der Waals surface area contributed by atoms with Crippen LogP contribution in [-0.2, 0) is 9.59 Å². The Morgan fingerprint density at radius 2 is 1.65 bits per heavy atom. The molecule has 1 amide bonds. The smallest absolute Gasteiger partial charge is 0.389 e. The molecule has 0 bridgehead atoms. The molecule has 17 heavy (non-hydrogen) atoms. The molecule has 0 aromatic carbocycles. The van der Waals surface area contributed by atoms with E-state index in [1.165, 1.54) is 0 Å². The largest absolute Gasteiger partial charge is 0.481 e. The van der Waals surface area contributed by atoms with Gasteiger partial charge in [-0.2, -0.15) is 13.2 Å². The molecule has 0 aliphatic rings. The van der Waals surface area contributed by atoms with Crippen molar-refractivity contribution < 1.29 is 27.9 Å². The molecule has 0 spiro atoms. The molecule has 100 valence electrons. The third-order valence-corrected chi connectivity index (χ3v) is 2.08. The summed E-state index contributed by atoms with van der Waals surface area (Å²) in [6.07, 6.45) is -6.15. The molecule has 0 aromatic rings. The van der Waals surface area contributed by atoms with E-state index >= 15 is 0 Å². The summed E-state index contributed by atoms with van der Waals surface area (Å²) in [5, 5.41) is 10.8. The second-order valence-electron chi connectivity index (χ2n) is 4.44. The Bertz CT molecular complexity index is 287. The van der Waals surface area contributed by atoms with Crippen molar-refractivity contribution >= 4 is 11.9 Å². The SMILES string of the molecule is CC(C)(CCC(=O)O)NC(=O)CCC(F)(F)F. The molecule has 0 saturated carbocycles. The van der Waals surface area contributed by atoms with E-state index in [-0.39, 0.29) is 12.8 Å². The van der Waals surface area contributed by atoms with E-state index < -0.39 is 36.4 Å². The van der Waals surface area contributed by atoms with Crippen LogP contribution in [0.4, 0.5) is 13.2 Å². The van der Waals surface area contributed by atoms with E-state index in [1.807, 2.05) is 0 Å². The van der Waals surface area contributed by atoms with Crippen molar-refractivity contribution in [3.63, 3.8) is 0 Å². The molecule has 0 atom stereocenters. The lowest BCUT2D eigenvalue weighted by Crippen LogP contribution is -2.43. The highest BCUT2D eigenvalue weighted by Crippen LogP contribution is 2.21. The predicted octanol–water partition coefficient (Wildman–Crippen LogP) is 2.09. The molecule has 7 heteroatoms. The van der Waals surface area contributed by atoms with Gasteiger partial charge in [-0.05, 0) is 20.3 Å². The Labute approximate surface area is 97.2 Å². The number of hydrogen-bond donors (Lipinski definition) is 2. The maximum absolute atomic E-state index is 11.8. The second kappa shape index (κ2) is 5.88. The molecule has 0 fully saturated rings. The molecule has 2 N–H and O–H groups in total. The monoisotopic (exact) mass is 255 g/mol. The van der Waals surface area contributed by atoms with Crippen LogP contribution in [0, 0.1) is 0 Å². The Morgan fingerprint density at radius 3 is 2.06 bits per heavy atom. The fourth-order valence-corrected chi connectivity index (χ4v) is 1.18. The number of nitrogens with one attached hydrogen (secondary N) is 1. The minimum Gasteiger partial charge on any atom is -0.481 e. The van der Waals surface area contributed by atoms with Gasteiger partial charge in [0, 0.05) is 18.4 Å². The quantitative estimate of drug-likeness (QED) is 0.763. The average molecular weight is 255 g/mol. The van der Waals surface area contributed by atoms with Crippen molar-refractivity contribution in [3.8, 4) is 0 Å². The van der Waals surface area contributed by atoms with Gasteiger partial charge in [-0.3, -0.25) is 9.59 Å². The summed E-state index contributed by atoms with van der Waals surface area (Å²) in [7, 11) is 0. The Hall–Kier alpha value is -1.27. The van der Waals surface area contributed by atoms with E-state index in [4.69, 9.17) is 5.11 Å². The van der Waals surface area contributed by atoms with Gasteiger partial charge in [-0.15, -0.1) is 0 Å². The fraction of sp³-hybridized carbons (Fsp3) is 0.800. The van der Waals surface area contributed by atoms with Crippen molar-refractivity contribution in [1.29, 1.82) is 0 Å². The second-order valence-corrected chi connectivity index (χ2v) is 4.44. The number of rotatable bonds is 6. The van der Waals surface area contributed by atoms with Crippen LogP contribution < -0.4 is 5.32 Å². The molecule has 0 aliphatic carbocycles. The molecule has 4 nitrogen and oxygen atoms in total. The number of amides is 1. The van der Waals surface area contributed by atoms with E-state index in [1.54, 1.807) is 13.8 Å². The van der Waals surface area contributed by atoms with E-state index in [0.717, 1.165) is 0 Å². The lowest BCUT2D eigenvalue weighted by atomic mass is 9.98. The summed E-state index contributed by atoms with van der Waals surface area (Å²) >= 11 is 0. The van der Waals surface area contributed by atoms with Gasteiger partial charge in [0.15, 0.2) is 0 Å². The van der Waals surface area contributed by atoms with Gasteiger partial charge in [-0.25, -0.2) is 0 Å². The van der Waals surface area contributed by atoms with Crippen LogP contribution in [0.25, 0.3) is 0 Å². The standard InChI is InChI=1S/C10H16F3NO3/c1-9(2,5-4-8(16)17)14-7(15)3-6-10(11,12)13/h3-6H2,1-2H3,(H,14,15)(H,16,17). The van der Waals surface area contributed by atoms with Gasteiger partial charge < -0.3 is 10.4 Å². The minimum absolute atomic E-state index is 0.146. The zero-order valence-electron chi connectivity index (χ0n) is 9.73. The van der Waals surface area contributed by atoms with Gasteiger partial charge in [-0.1, -0.05) is 0 Å². The van der Waals surface area contributed by atoms with Crippen LogP contribution in [0.5, 0.6) is 0 Å². The number of alkyl halides is 3. The number of hydrogen-bond acceptors (Lipinski definition) is 2. The van der Waals surface area contributed by atoms with Crippen LogP contribution in [0.1, 0.15) is 39.5 Å². The number of aliphatic carboxylic acids is 1. The zero-order chi connectivity index (χ0) is 13.7. The van der Waals surface area contributed by atoms with Crippen molar-refractivity contribution in [2.75, 3.05) is 0 Å². The molecule has 0 heterocycles. The van der Waals surface area contributed by atoms with E-state index in [9.17, 15) is 22.8 Å². The van der Waals surface area contributed by atoms with Crippen LogP contribution in [0.2, 0.25) is 0 Å². The molecule has 0 radical (unpaired) electrons. The lowest BCUT2D eigenvalue weighted by Gasteiger charge is -2.25. The van der Waals surface area contributed by atoms with Gasteiger partial charge in [0.2, 0.25) is 5.91 Å². The molecule has 0 unspecified atom stereocenters. The van der Waals surface area contributed by atoms with Crippen molar-refractivity contribution in [2.24, 2.45) is 0 Å². The Kier molecular flexibility index (Phi) is 5.44. The van der Waals surface area contributed by atoms with Crippen LogP contribution >= 0.6 is 0 Å².